The van der Waals surface area contributed by atoms with Crippen LogP contribution in [0.5, 0.6) is 5.88 Å². The lowest BCUT2D eigenvalue weighted by Gasteiger charge is -2.13. The summed E-state index contributed by atoms with van der Waals surface area (Å²) >= 11 is 0. The number of pyridine rings is 1. The summed E-state index contributed by atoms with van der Waals surface area (Å²) in [4.78, 5) is 4.14. The first-order valence-corrected chi connectivity index (χ1v) is 5.02. The molecule has 0 bridgehead atoms. The summed E-state index contributed by atoms with van der Waals surface area (Å²) in [6.45, 7) is 7.97. The van der Waals surface area contributed by atoms with E-state index in [2.05, 4.69) is 17.2 Å². The molecule has 0 aliphatic heterocycles. The van der Waals surface area contributed by atoms with E-state index in [0.717, 1.165) is 13.1 Å². The Kier molecular flexibility index (Phi) is 4.40. The summed E-state index contributed by atoms with van der Waals surface area (Å²) < 4.78 is 5.62. The molecule has 1 atom stereocenters. The van der Waals surface area contributed by atoms with Crippen LogP contribution in [0, 0.1) is 6.92 Å². The molecular formula is C11H18N2O. The van der Waals surface area contributed by atoms with Crippen LogP contribution in [0.3, 0.4) is 0 Å². The van der Waals surface area contributed by atoms with Gasteiger partial charge in [0.1, 0.15) is 6.10 Å². The third-order valence-electron chi connectivity index (χ3n) is 1.89. The Hall–Kier alpha value is -1.09. The van der Waals surface area contributed by atoms with Gasteiger partial charge in [-0.3, -0.25) is 0 Å². The van der Waals surface area contributed by atoms with E-state index in [-0.39, 0.29) is 6.10 Å². The SMILES string of the molecule is CCNC[C@@H](C)Oc1cc(C)ccn1. The number of rotatable bonds is 5. The number of hydrogen-bond acceptors (Lipinski definition) is 3. The van der Waals surface area contributed by atoms with Crippen molar-refractivity contribution in [3.63, 3.8) is 0 Å². The molecule has 0 aliphatic rings. The van der Waals surface area contributed by atoms with Crippen LogP contribution in [-0.4, -0.2) is 24.2 Å². The van der Waals surface area contributed by atoms with Gasteiger partial charge in [-0.15, -0.1) is 0 Å². The predicted molar refractivity (Wildman–Crippen MR) is 57.6 cm³/mol. The van der Waals surface area contributed by atoms with E-state index in [9.17, 15) is 0 Å². The molecule has 14 heavy (non-hydrogen) atoms. The number of aromatic nitrogens is 1. The fourth-order valence-electron chi connectivity index (χ4n) is 1.17. The molecule has 78 valence electrons. The zero-order chi connectivity index (χ0) is 10.4. The Bertz CT molecular complexity index is 276. The summed E-state index contributed by atoms with van der Waals surface area (Å²) in [5, 5.41) is 3.23. The Morgan fingerprint density at radius 1 is 1.57 bits per heavy atom. The van der Waals surface area contributed by atoms with Crippen LogP contribution in [0.1, 0.15) is 19.4 Å². The standard InChI is InChI=1S/C11H18N2O/c1-4-12-8-10(3)14-11-7-9(2)5-6-13-11/h5-7,10,12H,4,8H2,1-3H3/t10-/m1/s1. The third-order valence-corrected chi connectivity index (χ3v) is 1.89. The minimum atomic E-state index is 0.157. The molecule has 1 heterocycles. The molecule has 0 aliphatic carbocycles. The summed E-state index contributed by atoms with van der Waals surface area (Å²) in [7, 11) is 0. The van der Waals surface area contributed by atoms with Crippen LogP contribution in [0.4, 0.5) is 0 Å². The van der Waals surface area contributed by atoms with E-state index in [1.807, 2.05) is 26.0 Å². The normalized spacial score (nSPS) is 12.5. The number of likely N-dealkylation sites (N-methyl/N-ethyl adjacent to an activating group) is 1. The number of ether oxygens (including phenoxy) is 1. The van der Waals surface area contributed by atoms with Crippen molar-refractivity contribution in [2.45, 2.75) is 26.9 Å². The van der Waals surface area contributed by atoms with E-state index in [1.54, 1.807) is 6.20 Å². The van der Waals surface area contributed by atoms with Crippen molar-refractivity contribution in [1.82, 2.24) is 10.3 Å². The lowest BCUT2D eigenvalue weighted by molar-refractivity contribution is 0.209. The quantitative estimate of drug-likeness (QED) is 0.775. The number of nitrogens with zero attached hydrogens (tertiary/aromatic N) is 1. The minimum absolute atomic E-state index is 0.157. The lowest BCUT2D eigenvalue weighted by atomic mass is 10.3. The van der Waals surface area contributed by atoms with E-state index in [0.29, 0.717) is 5.88 Å². The van der Waals surface area contributed by atoms with E-state index in [4.69, 9.17) is 4.74 Å². The van der Waals surface area contributed by atoms with Crippen LogP contribution >= 0.6 is 0 Å². The highest BCUT2D eigenvalue weighted by molar-refractivity contribution is 5.18. The second-order valence-electron chi connectivity index (χ2n) is 3.41. The summed E-state index contributed by atoms with van der Waals surface area (Å²) in [6, 6.07) is 3.91. The minimum Gasteiger partial charge on any atom is -0.473 e. The first-order valence-electron chi connectivity index (χ1n) is 5.02. The van der Waals surface area contributed by atoms with E-state index < -0.39 is 0 Å². The topological polar surface area (TPSA) is 34.1 Å². The monoisotopic (exact) mass is 194 g/mol. The van der Waals surface area contributed by atoms with Crippen molar-refractivity contribution in [2.75, 3.05) is 13.1 Å². The average Bonchev–Trinajstić information content (AvgIpc) is 2.15. The van der Waals surface area contributed by atoms with Gasteiger partial charge >= 0.3 is 0 Å². The van der Waals surface area contributed by atoms with Crippen molar-refractivity contribution in [3.05, 3.63) is 23.9 Å². The Morgan fingerprint density at radius 3 is 3.00 bits per heavy atom. The van der Waals surface area contributed by atoms with Crippen molar-refractivity contribution >= 4 is 0 Å². The fraction of sp³-hybridized carbons (Fsp3) is 0.545. The zero-order valence-corrected chi connectivity index (χ0v) is 9.08. The molecule has 0 unspecified atom stereocenters. The van der Waals surface area contributed by atoms with Crippen molar-refractivity contribution in [1.29, 1.82) is 0 Å². The molecule has 3 nitrogen and oxygen atoms in total. The summed E-state index contributed by atoms with van der Waals surface area (Å²) in [5.74, 6) is 0.704. The second-order valence-corrected chi connectivity index (χ2v) is 3.41. The molecule has 0 spiro atoms. The molecule has 3 heteroatoms. The van der Waals surface area contributed by atoms with Gasteiger partial charge in [-0.25, -0.2) is 4.98 Å². The van der Waals surface area contributed by atoms with Crippen LogP contribution in [0.15, 0.2) is 18.3 Å². The predicted octanol–water partition coefficient (Wildman–Crippen LogP) is 1.77. The molecule has 0 amide bonds. The van der Waals surface area contributed by atoms with Crippen molar-refractivity contribution in [2.24, 2.45) is 0 Å². The van der Waals surface area contributed by atoms with Crippen molar-refractivity contribution in [3.8, 4) is 5.88 Å². The maximum atomic E-state index is 5.62. The number of nitrogens with one attached hydrogen (secondary N) is 1. The van der Waals surface area contributed by atoms with Gasteiger partial charge in [0.2, 0.25) is 5.88 Å². The highest BCUT2D eigenvalue weighted by Gasteiger charge is 2.03. The number of aryl methyl sites for hydroxylation is 1. The Morgan fingerprint density at radius 2 is 2.36 bits per heavy atom. The molecule has 1 N–H and O–H groups in total. The molecule has 1 aromatic rings. The van der Waals surface area contributed by atoms with Gasteiger partial charge in [0.25, 0.3) is 0 Å². The Balaban J connectivity index is 2.43. The van der Waals surface area contributed by atoms with Gasteiger partial charge in [0.05, 0.1) is 0 Å². The molecule has 1 rings (SSSR count). The molecule has 0 saturated heterocycles. The molecule has 0 saturated carbocycles. The Labute approximate surface area is 85.5 Å². The van der Waals surface area contributed by atoms with Crippen LogP contribution in [0.2, 0.25) is 0 Å². The van der Waals surface area contributed by atoms with Gasteiger partial charge in [-0.2, -0.15) is 0 Å². The highest BCUT2D eigenvalue weighted by atomic mass is 16.5. The van der Waals surface area contributed by atoms with Crippen LogP contribution in [-0.2, 0) is 0 Å². The van der Waals surface area contributed by atoms with Crippen molar-refractivity contribution < 1.29 is 4.74 Å². The molecule has 0 aromatic carbocycles. The zero-order valence-electron chi connectivity index (χ0n) is 9.08. The van der Waals surface area contributed by atoms with Gasteiger partial charge in [0.15, 0.2) is 0 Å². The van der Waals surface area contributed by atoms with Gasteiger partial charge in [-0.1, -0.05) is 6.92 Å². The van der Waals surface area contributed by atoms with Gasteiger partial charge in [0, 0.05) is 18.8 Å². The van der Waals surface area contributed by atoms with Crippen LogP contribution in [0.25, 0.3) is 0 Å². The molecular weight excluding hydrogens is 176 g/mol. The highest BCUT2D eigenvalue weighted by Crippen LogP contribution is 2.09. The van der Waals surface area contributed by atoms with E-state index in [1.165, 1.54) is 5.56 Å². The van der Waals surface area contributed by atoms with Gasteiger partial charge in [-0.05, 0) is 32.0 Å². The second kappa shape index (κ2) is 5.60. The maximum Gasteiger partial charge on any atom is 0.213 e. The molecule has 1 aromatic heterocycles. The van der Waals surface area contributed by atoms with Gasteiger partial charge < -0.3 is 10.1 Å². The molecule has 0 radical (unpaired) electrons. The lowest BCUT2D eigenvalue weighted by Crippen LogP contribution is -2.28. The first-order chi connectivity index (χ1) is 6.72. The maximum absolute atomic E-state index is 5.62. The number of hydrogen-bond donors (Lipinski definition) is 1. The smallest absolute Gasteiger partial charge is 0.213 e. The fourth-order valence-corrected chi connectivity index (χ4v) is 1.17. The van der Waals surface area contributed by atoms with Crippen LogP contribution < -0.4 is 10.1 Å². The largest absolute Gasteiger partial charge is 0.473 e. The first kappa shape index (κ1) is 11.0. The molecule has 0 fully saturated rings. The van der Waals surface area contributed by atoms with E-state index >= 15 is 0 Å². The average molecular weight is 194 g/mol. The third kappa shape index (κ3) is 3.75. The summed E-state index contributed by atoms with van der Waals surface area (Å²) in [6.07, 6.45) is 1.93. The summed E-state index contributed by atoms with van der Waals surface area (Å²) in [5.41, 5.74) is 1.17.